The average Bonchev–Trinajstić information content (AvgIpc) is 2.62. The zero-order valence-electron chi connectivity index (χ0n) is 12.1. The molecule has 4 aromatic rings. The van der Waals surface area contributed by atoms with Gasteiger partial charge in [0.1, 0.15) is 5.82 Å². The highest BCUT2D eigenvalue weighted by Gasteiger charge is 2.12. The van der Waals surface area contributed by atoms with E-state index in [1.54, 1.807) is 36.8 Å². The van der Waals surface area contributed by atoms with Gasteiger partial charge >= 0.3 is 0 Å². The van der Waals surface area contributed by atoms with Crippen molar-refractivity contribution in [3.63, 3.8) is 0 Å². The van der Waals surface area contributed by atoms with Gasteiger partial charge in [-0.25, -0.2) is 14.4 Å². The van der Waals surface area contributed by atoms with Gasteiger partial charge in [0.25, 0.3) is 0 Å². The predicted octanol–water partition coefficient (Wildman–Crippen LogP) is 4.50. The standard InChI is InChI=1S/C19H12FN3/c20-17-8-2-1-6-15(17)18-11-16(13-5-3-9-21-12-13)14-7-4-10-22-19(14)23-18/h1-12H. The van der Waals surface area contributed by atoms with Gasteiger partial charge in [0.2, 0.25) is 0 Å². The molecule has 0 saturated carbocycles. The molecule has 0 aliphatic rings. The zero-order chi connectivity index (χ0) is 15.6. The number of aromatic nitrogens is 3. The number of fused-ring (bicyclic) bond motifs is 1. The first kappa shape index (κ1) is 13.5. The van der Waals surface area contributed by atoms with Crippen LogP contribution in [0.5, 0.6) is 0 Å². The lowest BCUT2D eigenvalue weighted by atomic mass is 10.0. The number of halogens is 1. The largest absolute Gasteiger partial charge is 0.264 e. The zero-order valence-corrected chi connectivity index (χ0v) is 12.1. The molecule has 4 rings (SSSR count). The second kappa shape index (κ2) is 5.57. The molecule has 0 atom stereocenters. The summed E-state index contributed by atoms with van der Waals surface area (Å²) in [5.41, 5.74) is 3.50. The molecule has 0 aliphatic heterocycles. The molecule has 0 N–H and O–H groups in total. The molecule has 0 fully saturated rings. The van der Waals surface area contributed by atoms with Crippen molar-refractivity contribution in [1.82, 2.24) is 15.0 Å². The van der Waals surface area contributed by atoms with Gasteiger partial charge in [0.05, 0.1) is 5.69 Å². The van der Waals surface area contributed by atoms with Crippen molar-refractivity contribution in [1.29, 1.82) is 0 Å². The lowest BCUT2D eigenvalue weighted by Gasteiger charge is -2.09. The molecule has 0 spiro atoms. The van der Waals surface area contributed by atoms with E-state index in [4.69, 9.17) is 0 Å². The van der Waals surface area contributed by atoms with Gasteiger partial charge in [-0.15, -0.1) is 0 Å². The van der Waals surface area contributed by atoms with Crippen molar-refractivity contribution >= 4 is 11.0 Å². The molecule has 1 aromatic carbocycles. The first-order valence-corrected chi connectivity index (χ1v) is 7.24. The van der Waals surface area contributed by atoms with Crippen LogP contribution in [-0.2, 0) is 0 Å². The van der Waals surface area contributed by atoms with Crippen LogP contribution in [0.3, 0.4) is 0 Å². The Bertz CT molecular complexity index is 984. The summed E-state index contributed by atoms with van der Waals surface area (Å²) in [5, 5.41) is 0.917. The van der Waals surface area contributed by atoms with Crippen LogP contribution in [0.25, 0.3) is 33.4 Å². The van der Waals surface area contributed by atoms with E-state index >= 15 is 0 Å². The molecule has 3 nitrogen and oxygen atoms in total. The maximum Gasteiger partial charge on any atom is 0.160 e. The molecule has 0 aliphatic carbocycles. The van der Waals surface area contributed by atoms with Gasteiger partial charge < -0.3 is 0 Å². The fourth-order valence-corrected chi connectivity index (χ4v) is 2.62. The minimum atomic E-state index is -0.299. The van der Waals surface area contributed by atoms with E-state index in [1.165, 1.54) is 6.07 Å². The minimum Gasteiger partial charge on any atom is -0.264 e. The molecule has 0 amide bonds. The Morgan fingerprint density at radius 3 is 2.52 bits per heavy atom. The van der Waals surface area contributed by atoms with Crippen molar-refractivity contribution in [2.45, 2.75) is 0 Å². The van der Waals surface area contributed by atoms with E-state index in [2.05, 4.69) is 15.0 Å². The Labute approximate surface area is 132 Å². The van der Waals surface area contributed by atoms with Gasteiger partial charge in [-0.3, -0.25) is 4.98 Å². The van der Waals surface area contributed by atoms with Crippen molar-refractivity contribution in [3.05, 3.63) is 79.0 Å². The second-order valence-electron chi connectivity index (χ2n) is 5.15. The van der Waals surface area contributed by atoms with Crippen molar-refractivity contribution in [2.24, 2.45) is 0 Å². The summed E-state index contributed by atoms with van der Waals surface area (Å²) in [6.45, 7) is 0. The van der Waals surface area contributed by atoms with Gasteiger partial charge in [0, 0.05) is 35.1 Å². The summed E-state index contributed by atoms with van der Waals surface area (Å²) in [4.78, 5) is 13.0. The van der Waals surface area contributed by atoms with E-state index in [-0.39, 0.29) is 5.82 Å². The maximum absolute atomic E-state index is 14.1. The van der Waals surface area contributed by atoms with Crippen LogP contribution < -0.4 is 0 Å². The third-order valence-electron chi connectivity index (χ3n) is 3.71. The Morgan fingerprint density at radius 1 is 0.826 bits per heavy atom. The summed E-state index contributed by atoms with van der Waals surface area (Å²) in [6.07, 6.45) is 5.20. The normalized spacial score (nSPS) is 10.8. The monoisotopic (exact) mass is 301 g/mol. The summed E-state index contributed by atoms with van der Waals surface area (Å²) in [5.74, 6) is -0.299. The van der Waals surface area contributed by atoms with E-state index in [0.717, 1.165) is 16.5 Å². The number of rotatable bonds is 2. The summed E-state index contributed by atoms with van der Waals surface area (Å²) >= 11 is 0. The Kier molecular flexibility index (Phi) is 3.27. The predicted molar refractivity (Wildman–Crippen MR) is 88.2 cm³/mol. The summed E-state index contributed by atoms with van der Waals surface area (Å²) < 4.78 is 14.1. The molecule has 0 saturated heterocycles. The fourth-order valence-electron chi connectivity index (χ4n) is 2.62. The van der Waals surface area contributed by atoms with Crippen molar-refractivity contribution in [3.8, 4) is 22.4 Å². The van der Waals surface area contributed by atoms with E-state index < -0.39 is 0 Å². The third kappa shape index (κ3) is 2.44. The number of benzene rings is 1. The number of hydrogen-bond acceptors (Lipinski definition) is 3. The molecular formula is C19H12FN3. The summed E-state index contributed by atoms with van der Waals surface area (Å²) in [7, 11) is 0. The van der Waals surface area contributed by atoms with Gasteiger partial charge in [-0.2, -0.15) is 0 Å². The van der Waals surface area contributed by atoms with Gasteiger partial charge in [0.15, 0.2) is 5.65 Å². The van der Waals surface area contributed by atoms with E-state index in [9.17, 15) is 4.39 Å². The van der Waals surface area contributed by atoms with Gasteiger partial charge in [-0.05, 0) is 42.0 Å². The van der Waals surface area contributed by atoms with Crippen LogP contribution in [0.15, 0.2) is 73.2 Å². The van der Waals surface area contributed by atoms with Crippen LogP contribution in [0.4, 0.5) is 4.39 Å². The van der Waals surface area contributed by atoms with Crippen LogP contribution in [0, 0.1) is 5.82 Å². The highest BCUT2D eigenvalue weighted by atomic mass is 19.1. The molecule has 4 heteroatoms. The highest BCUT2D eigenvalue weighted by molar-refractivity contribution is 5.94. The molecule has 0 radical (unpaired) electrons. The van der Waals surface area contributed by atoms with Crippen LogP contribution in [0.1, 0.15) is 0 Å². The topological polar surface area (TPSA) is 38.7 Å². The van der Waals surface area contributed by atoms with Crippen LogP contribution >= 0.6 is 0 Å². The summed E-state index contributed by atoms with van der Waals surface area (Å²) in [6, 6.07) is 16.2. The number of pyridine rings is 3. The highest BCUT2D eigenvalue weighted by Crippen LogP contribution is 2.31. The quantitative estimate of drug-likeness (QED) is 0.547. The van der Waals surface area contributed by atoms with Crippen molar-refractivity contribution < 1.29 is 4.39 Å². The number of nitrogens with zero attached hydrogens (tertiary/aromatic N) is 3. The minimum absolute atomic E-state index is 0.299. The Hall–Kier alpha value is -3.14. The second-order valence-corrected chi connectivity index (χ2v) is 5.15. The molecule has 0 unspecified atom stereocenters. The number of hydrogen-bond donors (Lipinski definition) is 0. The fraction of sp³-hybridized carbons (Fsp3) is 0. The van der Waals surface area contributed by atoms with E-state index in [0.29, 0.717) is 16.9 Å². The van der Waals surface area contributed by atoms with Crippen LogP contribution in [0.2, 0.25) is 0 Å². The Balaban J connectivity index is 2.04. The average molecular weight is 301 g/mol. The molecule has 3 heterocycles. The lowest BCUT2D eigenvalue weighted by Crippen LogP contribution is -1.93. The maximum atomic E-state index is 14.1. The Morgan fingerprint density at radius 2 is 1.70 bits per heavy atom. The van der Waals surface area contributed by atoms with Crippen LogP contribution in [-0.4, -0.2) is 15.0 Å². The first-order valence-electron chi connectivity index (χ1n) is 7.24. The van der Waals surface area contributed by atoms with E-state index in [1.807, 2.05) is 30.3 Å². The molecule has 110 valence electrons. The molecule has 3 aromatic heterocycles. The molecular weight excluding hydrogens is 289 g/mol. The molecule has 23 heavy (non-hydrogen) atoms. The SMILES string of the molecule is Fc1ccccc1-c1cc(-c2cccnc2)c2cccnc2n1. The van der Waals surface area contributed by atoms with Crippen molar-refractivity contribution in [2.75, 3.05) is 0 Å². The van der Waals surface area contributed by atoms with Gasteiger partial charge in [-0.1, -0.05) is 18.2 Å². The lowest BCUT2D eigenvalue weighted by molar-refractivity contribution is 0.631. The third-order valence-corrected chi connectivity index (χ3v) is 3.71. The smallest absolute Gasteiger partial charge is 0.160 e. The molecule has 0 bridgehead atoms. The first-order chi connectivity index (χ1) is 11.3.